The van der Waals surface area contributed by atoms with Gasteiger partial charge in [0.05, 0.1) is 17.6 Å². The molecule has 0 atom stereocenters. The smallest absolute Gasteiger partial charge is 0.237 e. The van der Waals surface area contributed by atoms with E-state index >= 15 is 0 Å². The van der Waals surface area contributed by atoms with E-state index in [0.717, 1.165) is 11.4 Å². The minimum atomic E-state index is 0.519. The lowest BCUT2D eigenvalue weighted by Crippen LogP contribution is -1.82. The fraction of sp³-hybridized carbons (Fsp3) is 0.200. The molecule has 0 fully saturated rings. The molecule has 0 spiro atoms. The molecule has 3 aromatic rings. The van der Waals surface area contributed by atoms with Gasteiger partial charge in [-0.15, -0.1) is 5.10 Å². The summed E-state index contributed by atoms with van der Waals surface area (Å²) < 4.78 is 10.1. The Morgan fingerprint density at radius 1 is 1.39 bits per heavy atom. The fourth-order valence-corrected chi connectivity index (χ4v) is 2.02. The number of rotatable bonds is 4. The van der Waals surface area contributed by atoms with E-state index in [1.807, 2.05) is 6.92 Å². The maximum absolute atomic E-state index is 5.13. The Balaban J connectivity index is 1.67. The molecule has 3 rings (SSSR count). The van der Waals surface area contributed by atoms with Gasteiger partial charge < -0.3 is 8.94 Å². The van der Waals surface area contributed by atoms with Crippen LogP contribution in [0.4, 0.5) is 0 Å². The van der Waals surface area contributed by atoms with E-state index in [9.17, 15) is 0 Å². The molecule has 3 aromatic heterocycles. The standard InChI is InChI=1S/C10H9N5O2S/c1-6-11-10(14-13-6)18-5-8-12-9(15-17-8)7-2-3-16-4-7/h2-4H,5H2,1H3,(H,11,13,14). The molecule has 0 aliphatic rings. The minimum absolute atomic E-state index is 0.519. The second-order valence-electron chi connectivity index (χ2n) is 3.52. The van der Waals surface area contributed by atoms with Crippen molar-refractivity contribution in [3.05, 3.63) is 30.3 Å². The van der Waals surface area contributed by atoms with Gasteiger partial charge in [0.15, 0.2) is 0 Å². The summed E-state index contributed by atoms with van der Waals surface area (Å²) in [6.07, 6.45) is 3.14. The molecule has 7 nitrogen and oxygen atoms in total. The first-order valence-electron chi connectivity index (χ1n) is 5.18. The van der Waals surface area contributed by atoms with Gasteiger partial charge in [-0.05, 0) is 13.0 Å². The lowest BCUT2D eigenvalue weighted by atomic mass is 10.3. The van der Waals surface area contributed by atoms with Gasteiger partial charge in [0.1, 0.15) is 12.1 Å². The Labute approximate surface area is 106 Å². The first kappa shape index (κ1) is 11.0. The topological polar surface area (TPSA) is 93.6 Å². The molecule has 0 amide bonds. The Kier molecular flexibility index (Phi) is 2.85. The number of aromatic amines is 1. The van der Waals surface area contributed by atoms with Gasteiger partial charge in [0.25, 0.3) is 0 Å². The third-order valence-corrected chi connectivity index (χ3v) is 2.98. The Morgan fingerprint density at radius 2 is 2.33 bits per heavy atom. The maximum Gasteiger partial charge on any atom is 0.237 e. The first-order valence-corrected chi connectivity index (χ1v) is 6.17. The highest BCUT2D eigenvalue weighted by atomic mass is 32.2. The zero-order chi connectivity index (χ0) is 12.4. The van der Waals surface area contributed by atoms with E-state index in [0.29, 0.717) is 22.6 Å². The molecule has 0 aromatic carbocycles. The maximum atomic E-state index is 5.13. The van der Waals surface area contributed by atoms with Gasteiger partial charge in [-0.1, -0.05) is 16.9 Å². The average Bonchev–Trinajstić information content (AvgIpc) is 3.07. The molecular weight excluding hydrogens is 254 g/mol. The van der Waals surface area contributed by atoms with Gasteiger partial charge >= 0.3 is 0 Å². The van der Waals surface area contributed by atoms with Crippen molar-refractivity contribution in [2.45, 2.75) is 17.8 Å². The Hall–Kier alpha value is -2.09. The summed E-state index contributed by atoms with van der Waals surface area (Å²) in [6.45, 7) is 1.85. The van der Waals surface area contributed by atoms with E-state index in [1.165, 1.54) is 11.8 Å². The van der Waals surface area contributed by atoms with Crippen LogP contribution in [0.2, 0.25) is 0 Å². The van der Waals surface area contributed by atoms with E-state index in [4.69, 9.17) is 8.94 Å². The van der Waals surface area contributed by atoms with Crippen molar-refractivity contribution >= 4 is 11.8 Å². The minimum Gasteiger partial charge on any atom is -0.472 e. The lowest BCUT2D eigenvalue weighted by molar-refractivity contribution is 0.391. The number of hydrogen-bond acceptors (Lipinski definition) is 7. The lowest BCUT2D eigenvalue weighted by Gasteiger charge is -1.88. The summed E-state index contributed by atoms with van der Waals surface area (Å²) in [4.78, 5) is 8.42. The number of nitrogens with one attached hydrogen (secondary N) is 1. The number of nitrogens with zero attached hydrogens (tertiary/aromatic N) is 4. The molecule has 18 heavy (non-hydrogen) atoms. The van der Waals surface area contributed by atoms with Gasteiger partial charge in [-0.3, -0.25) is 5.10 Å². The summed E-state index contributed by atoms with van der Waals surface area (Å²) in [5.74, 6) is 2.36. The summed E-state index contributed by atoms with van der Waals surface area (Å²) >= 11 is 1.43. The molecule has 8 heteroatoms. The van der Waals surface area contributed by atoms with Crippen molar-refractivity contribution in [1.82, 2.24) is 25.3 Å². The number of aryl methyl sites for hydroxylation is 1. The third kappa shape index (κ3) is 2.28. The van der Waals surface area contributed by atoms with E-state index in [1.54, 1.807) is 18.6 Å². The number of thioether (sulfide) groups is 1. The van der Waals surface area contributed by atoms with Crippen LogP contribution in [0, 0.1) is 6.92 Å². The van der Waals surface area contributed by atoms with Crippen LogP contribution in [-0.2, 0) is 5.75 Å². The molecule has 0 bridgehead atoms. The first-order chi connectivity index (χ1) is 8.81. The van der Waals surface area contributed by atoms with Crippen molar-refractivity contribution in [3.8, 4) is 11.4 Å². The Morgan fingerprint density at radius 3 is 3.06 bits per heavy atom. The highest BCUT2D eigenvalue weighted by Crippen LogP contribution is 2.21. The third-order valence-electron chi connectivity index (χ3n) is 2.15. The molecular formula is C10H9N5O2S. The number of hydrogen-bond donors (Lipinski definition) is 1. The summed E-state index contributed by atoms with van der Waals surface area (Å²) in [5.41, 5.74) is 0.795. The molecule has 0 unspecified atom stereocenters. The zero-order valence-corrected chi connectivity index (χ0v) is 10.3. The fourth-order valence-electron chi connectivity index (χ4n) is 1.34. The van der Waals surface area contributed by atoms with Crippen molar-refractivity contribution in [1.29, 1.82) is 0 Å². The van der Waals surface area contributed by atoms with Crippen LogP contribution in [0.15, 0.2) is 32.7 Å². The van der Waals surface area contributed by atoms with Crippen LogP contribution in [0.1, 0.15) is 11.7 Å². The second-order valence-corrected chi connectivity index (χ2v) is 4.46. The quantitative estimate of drug-likeness (QED) is 0.720. The van der Waals surface area contributed by atoms with Gasteiger partial charge in [0.2, 0.25) is 16.9 Å². The summed E-state index contributed by atoms with van der Waals surface area (Å²) in [7, 11) is 0. The highest BCUT2D eigenvalue weighted by Gasteiger charge is 2.11. The van der Waals surface area contributed by atoms with Crippen LogP contribution in [0.3, 0.4) is 0 Å². The van der Waals surface area contributed by atoms with Crippen molar-refractivity contribution in [3.63, 3.8) is 0 Å². The zero-order valence-electron chi connectivity index (χ0n) is 9.45. The van der Waals surface area contributed by atoms with Crippen LogP contribution in [0.5, 0.6) is 0 Å². The molecule has 1 N–H and O–H groups in total. The Bertz CT molecular complexity index is 630. The van der Waals surface area contributed by atoms with Crippen LogP contribution >= 0.6 is 11.8 Å². The molecule has 0 aliphatic carbocycles. The second kappa shape index (κ2) is 4.65. The summed E-state index contributed by atoms with van der Waals surface area (Å²) in [6, 6.07) is 1.78. The van der Waals surface area contributed by atoms with Crippen molar-refractivity contribution < 1.29 is 8.94 Å². The van der Waals surface area contributed by atoms with Crippen molar-refractivity contribution in [2.24, 2.45) is 0 Å². The van der Waals surface area contributed by atoms with Crippen molar-refractivity contribution in [2.75, 3.05) is 0 Å². The van der Waals surface area contributed by atoms with Crippen LogP contribution in [-0.4, -0.2) is 25.3 Å². The number of H-pyrrole nitrogens is 1. The molecule has 3 heterocycles. The SMILES string of the molecule is Cc1nc(SCc2nc(-c3ccoc3)no2)n[nH]1. The predicted molar refractivity (Wildman–Crippen MR) is 62.7 cm³/mol. The molecule has 0 aliphatic heterocycles. The van der Waals surface area contributed by atoms with Crippen LogP contribution in [0.25, 0.3) is 11.4 Å². The highest BCUT2D eigenvalue weighted by molar-refractivity contribution is 7.98. The average molecular weight is 263 g/mol. The van der Waals surface area contributed by atoms with E-state index in [-0.39, 0.29) is 0 Å². The normalized spacial score (nSPS) is 10.9. The molecule has 0 saturated heterocycles. The monoisotopic (exact) mass is 263 g/mol. The van der Waals surface area contributed by atoms with E-state index in [2.05, 4.69) is 25.3 Å². The summed E-state index contributed by atoms with van der Waals surface area (Å²) in [5, 5.41) is 11.3. The largest absolute Gasteiger partial charge is 0.472 e. The molecule has 92 valence electrons. The van der Waals surface area contributed by atoms with Gasteiger partial charge in [0, 0.05) is 0 Å². The van der Waals surface area contributed by atoms with Gasteiger partial charge in [-0.2, -0.15) is 4.98 Å². The number of aromatic nitrogens is 5. The molecule has 0 saturated carbocycles. The van der Waals surface area contributed by atoms with Gasteiger partial charge in [-0.25, -0.2) is 4.98 Å². The predicted octanol–water partition coefficient (Wildman–Crippen LogP) is 2.05. The molecule has 0 radical (unpaired) electrons. The van der Waals surface area contributed by atoms with E-state index < -0.39 is 0 Å². The van der Waals surface area contributed by atoms with Crippen LogP contribution < -0.4 is 0 Å². The number of furan rings is 1.